The van der Waals surface area contributed by atoms with E-state index in [1.54, 1.807) is 0 Å². The highest BCUT2D eigenvalue weighted by Gasteiger charge is 2.21. The lowest BCUT2D eigenvalue weighted by Crippen LogP contribution is -2.27. The van der Waals surface area contributed by atoms with E-state index in [0.717, 1.165) is 38.5 Å². The normalized spacial score (nSPS) is 13.8. The Balaban J connectivity index is 4.00. The van der Waals surface area contributed by atoms with E-state index < -0.39 is 24.5 Å². The average Bonchev–Trinajstić information content (AvgIpc) is 2.34. The van der Waals surface area contributed by atoms with Crippen molar-refractivity contribution in [3.05, 3.63) is 0 Å². The number of aliphatic carboxylic acids is 1. The van der Waals surface area contributed by atoms with Crippen molar-refractivity contribution in [2.24, 2.45) is 5.92 Å². The first-order valence-electron chi connectivity index (χ1n) is 7.07. The molecule has 0 spiro atoms. The molecule has 0 heterocycles. The highest BCUT2D eigenvalue weighted by molar-refractivity contribution is 5.80. The second kappa shape index (κ2) is 10.8. The molecule has 0 saturated carbocycles. The number of esters is 1. The highest BCUT2D eigenvalue weighted by Crippen LogP contribution is 2.16. The lowest BCUT2D eigenvalue weighted by molar-refractivity contribution is -0.159. The van der Waals surface area contributed by atoms with Crippen molar-refractivity contribution in [2.45, 2.75) is 64.9 Å². The molecule has 2 unspecified atom stereocenters. The molecule has 0 aliphatic rings. The summed E-state index contributed by atoms with van der Waals surface area (Å²) in [5.41, 5.74) is 0. The number of ether oxygens (including phenoxy) is 1. The molecule has 0 aliphatic heterocycles. The Morgan fingerprint density at radius 2 is 1.79 bits per heavy atom. The predicted octanol–water partition coefficient (Wildman–Crippen LogP) is 2.36. The lowest BCUT2D eigenvalue weighted by atomic mass is 9.97. The van der Waals surface area contributed by atoms with E-state index in [1.807, 2.05) is 0 Å². The van der Waals surface area contributed by atoms with Crippen molar-refractivity contribution < 1.29 is 24.5 Å². The van der Waals surface area contributed by atoms with Gasteiger partial charge in [-0.05, 0) is 18.8 Å². The van der Waals surface area contributed by atoms with Gasteiger partial charge in [-0.3, -0.25) is 4.79 Å². The molecule has 2 atom stereocenters. The van der Waals surface area contributed by atoms with E-state index in [1.165, 1.54) is 0 Å². The summed E-state index contributed by atoms with van der Waals surface area (Å²) in [6.45, 7) is 4.48. The largest absolute Gasteiger partial charge is 0.481 e. The van der Waals surface area contributed by atoms with Gasteiger partial charge in [-0.25, -0.2) is 4.79 Å². The quantitative estimate of drug-likeness (QED) is 0.446. The summed E-state index contributed by atoms with van der Waals surface area (Å²) in [7, 11) is 0. The third-order valence-corrected chi connectivity index (χ3v) is 3.01. The fraction of sp³-hybridized carbons (Fsp3) is 0.857. The summed E-state index contributed by atoms with van der Waals surface area (Å²) in [6, 6.07) is 0. The first-order chi connectivity index (χ1) is 9.01. The molecule has 0 aromatic carbocycles. The molecule has 19 heavy (non-hydrogen) atoms. The Labute approximate surface area is 115 Å². The molecule has 0 bridgehead atoms. The number of hydrogen-bond donors (Lipinski definition) is 2. The fourth-order valence-corrected chi connectivity index (χ4v) is 1.95. The first-order valence-corrected chi connectivity index (χ1v) is 7.07. The molecule has 0 amide bonds. The topological polar surface area (TPSA) is 83.8 Å². The zero-order valence-electron chi connectivity index (χ0n) is 11.9. The van der Waals surface area contributed by atoms with Crippen molar-refractivity contribution in [1.82, 2.24) is 0 Å². The van der Waals surface area contributed by atoms with Crippen LogP contribution in [-0.2, 0) is 14.3 Å². The smallest absolute Gasteiger partial charge is 0.335 e. The Hall–Kier alpha value is -1.10. The minimum absolute atomic E-state index is 0.271. The van der Waals surface area contributed by atoms with Crippen LogP contribution in [-0.4, -0.2) is 34.9 Å². The van der Waals surface area contributed by atoms with Crippen molar-refractivity contribution >= 4 is 11.9 Å². The van der Waals surface area contributed by atoms with E-state index in [9.17, 15) is 14.7 Å². The van der Waals surface area contributed by atoms with Crippen LogP contribution in [0.15, 0.2) is 0 Å². The number of rotatable bonds is 11. The summed E-state index contributed by atoms with van der Waals surface area (Å²) in [5.74, 6) is -1.74. The third-order valence-electron chi connectivity index (χ3n) is 3.01. The Kier molecular flexibility index (Phi) is 10.2. The maximum atomic E-state index is 11.4. The predicted molar refractivity (Wildman–Crippen MR) is 71.8 cm³/mol. The van der Waals surface area contributed by atoms with Crippen LogP contribution < -0.4 is 0 Å². The molecular formula is C14H26O5. The van der Waals surface area contributed by atoms with Gasteiger partial charge in [0.1, 0.15) is 0 Å². The SMILES string of the molecule is CCCCCC(CCC)COC(=O)C(O)CC(=O)O. The number of aliphatic hydroxyl groups is 1. The minimum atomic E-state index is -1.56. The van der Waals surface area contributed by atoms with Gasteiger partial charge in [0.15, 0.2) is 6.10 Å². The molecule has 0 rings (SSSR count). The van der Waals surface area contributed by atoms with Crippen LogP contribution in [0.2, 0.25) is 0 Å². The average molecular weight is 274 g/mol. The highest BCUT2D eigenvalue weighted by atomic mass is 16.5. The summed E-state index contributed by atoms with van der Waals surface area (Å²) in [5, 5.41) is 17.8. The number of carboxylic acid groups (broad SMARTS) is 1. The molecule has 0 aromatic heterocycles. The summed E-state index contributed by atoms with van der Waals surface area (Å²) in [4.78, 5) is 21.7. The number of carbonyl (C=O) groups is 2. The van der Waals surface area contributed by atoms with Gasteiger partial charge < -0.3 is 14.9 Å². The van der Waals surface area contributed by atoms with Gasteiger partial charge in [0.05, 0.1) is 13.0 Å². The maximum Gasteiger partial charge on any atom is 0.335 e. The number of carboxylic acids is 1. The van der Waals surface area contributed by atoms with Gasteiger partial charge in [0.25, 0.3) is 0 Å². The van der Waals surface area contributed by atoms with Crippen LogP contribution >= 0.6 is 0 Å². The van der Waals surface area contributed by atoms with E-state index >= 15 is 0 Å². The monoisotopic (exact) mass is 274 g/mol. The van der Waals surface area contributed by atoms with Crippen LogP contribution in [0.5, 0.6) is 0 Å². The molecule has 0 aliphatic carbocycles. The first kappa shape index (κ1) is 17.9. The molecule has 0 radical (unpaired) electrons. The summed E-state index contributed by atoms with van der Waals surface area (Å²) >= 11 is 0. The second-order valence-electron chi connectivity index (χ2n) is 4.89. The second-order valence-corrected chi connectivity index (χ2v) is 4.89. The van der Waals surface area contributed by atoms with Gasteiger partial charge in [0, 0.05) is 0 Å². The molecule has 2 N–H and O–H groups in total. The van der Waals surface area contributed by atoms with E-state index in [4.69, 9.17) is 9.84 Å². The van der Waals surface area contributed by atoms with Crippen molar-refractivity contribution in [3.8, 4) is 0 Å². The molecule has 5 heteroatoms. The molecule has 5 nitrogen and oxygen atoms in total. The molecule has 0 fully saturated rings. The van der Waals surface area contributed by atoms with Gasteiger partial charge in [-0.1, -0.05) is 39.5 Å². The Morgan fingerprint density at radius 3 is 2.32 bits per heavy atom. The Morgan fingerprint density at radius 1 is 1.11 bits per heavy atom. The Bertz CT molecular complexity index is 265. The van der Waals surface area contributed by atoms with Crippen molar-refractivity contribution in [2.75, 3.05) is 6.61 Å². The summed E-state index contributed by atoms with van der Waals surface area (Å²) in [6.07, 6.45) is 4.26. The molecule has 0 aromatic rings. The maximum absolute atomic E-state index is 11.4. The zero-order chi connectivity index (χ0) is 14.7. The summed E-state index contributed by atoms with van der Waals surface area (Å²) < 4.78 is 5.00. The van der Waals surface area contributed by atoms with Crippen LogP contribution in [0.1, 0.15) is 58.8 Å². The zero-order valence-corrected chi connectivity index (χ0v) is 11.9. The van der Waals surface area contributed by atoms with Crippen LogP contribution in [0.3, 0.4) is 0 Å². The van der Waals surface area contributed by atoms with E-state index in [0.29, 0.717) is 5.92 Å². The lowest BCUT2D eigenvalue weighted by Gasteiger charge is -2.17. The molecule has 0 saturated heterocycles. The fourth-order valence-electron chi connectivity index (χ4n) is 1.95. The van der Waals surface area contributed by atoms with Crippen molar-refractivity contribution in [3.63, 3.8) is 0 Å². The third kappa shape index (κ3) is 9.47. The van der Waals surface area contributed by atoms with E-state index in [2.05, 4.69) is 13.8 Å². The number of carbonyl (C=O) groups excluding carboxylic acids is 1. The van der Waals surface area contributed by atoms with Crippen LogP contribution in [0.25, 0.3) is 0 Å². The van der Waals surface area contributed by atoms with Crippen LogP contribution in [0, 0.1) is 5.92 Å². The molecule has 112 valence electrons. The minimum Gasteiger partial charge on any atom is -0.481 e. The van der Waals surface area contributed by atoms with E-state index in [-0.39, 0.29) is 6.61 Å². The van der Waals surface area contributed by atoms with Gasteiger partial charge in [-0.2, -0.15) is 0 Å². The molecular weight excluding hydrogens is 248 g/mol. The van der Waals surface area contributed by atoms with Gasteiger partial charge in [0.2, 0.25) is 0 Å². The number of aliphatic hydroxyl groups excluding tert-OH is 1. The number of hydrogen-bond acceptors (Lipinski definition) is 4. The van der Waals surface area contributed by atoms with Gasteiger partial charge >= 0.3 is 11.9 Å². The van der Waals surface area contributed by atoms with Gasteiger partial charge in [-0.15, -0.1) is 0 Å². The van der Waals surface area contributed by atoms with Crippen molar-refractivity contribution in [1.29, 1.82) is 0 Å². The standard InChI is InChI=1S/C14H26O5/c1-3-5-6-8-11(7-4-2)10-19-14(18)12(15)9-13(16)17/h11-12,15H,3-10H2,1-2H3,(H,16,17). The van der Waals surface area contributed by atoms with Crippen LogP contribution in [0.4, 0.5) is 0 Å². The number of unbranched alkanes of at least 4 members (excludes halogenated alkanes) is 2.